The van der Waals surface area contributed by atoms with Crippen molar-refractivity contribution >= 4 is 17.4 Å². The molecule has 0 amide bonds. The Balaban J connectivity index is 2.27. The maximum absolute atomic E-state index is 11.6. The van der Waals surface area contributed by atoms with Crippen LogP contribution in [0, 0.1) is 5.92 Å². The van der Waals surface area contributed by atoms with E-state index in [-0.39, 0.29) is 11.7 Å². The Morgan fingerprint density at radius 1 is 1.64 bits per heavy atom. The Hall–Kier alpha value is -1.09. The highest BCUT2D eigenvalue weighted by Crippen LogP contribution is 2.33. The SMILES string of the molecule is COc1ncc(C(=O)C2CC2)cc1Cl. The van der Waals surface area contributed by atoms with Crippen molar-refractivity contribution in [2.45, 2.75) is 12.8 Å². The molecule has 0 spiro atoms. The molecule has 74 valence electrons. The van der Waals surface area contributed by atoms with Gasteiger partial charge < -0.3 is 4.74 Å². The van der Waals surface area contributed by atoms with Crippen molar-refractivity contribution in [3.05, 3.63) is 22.8 Å². The van der Waals surface area contributed by atoms with Crippen LogP contribution < -0.4 is 4.74 Å². The fraction of sp³-hybridized carbons (Fsp3) is 0.400. The van der Waals surface area contributed by atoms with E-state index in [2.05, 4.69) is 4.98 Å². The normalized spacial score (nSPS) is 15.3. The van der Waals surface area contributed by atoms with Crippen molar-refractivity contribution in [3.63, 3.8) is 0 Å². The number of nitrogens with zero attached hydrogens (tertiary/aromatic N) is 1. The fourth-order valence-corrected chi connectivity index (χ4v) is 1.54. The van der Waals surface area contributed by atoms with Gasteiger partial charge in [-0.05, 0) is 18.9 Å². The predicted molar refractivity (Wildman–Crippen MR) is 52.9 cm³/mol. The van der Waals surface area contributed by atoms with Crippen LogP contribution in [0.15, 0.2) is 12.3 Å². The van der Waals surface area contributed by atoms with Crippen LogP contribution in [0.3, 0.4) is 0 Å². The number of ether oxygens (including phenoxy) is 1. The number of rotatable bonds is 3. The zero-order valence-electron chi connectivity index (χ0n) is 7.79. The first-order valence-electron chi connectivity index (χ1n) is 4.46. The predicted octanol–water partition coefficient (Wildman–Crippen LogP) is 2.34. The Bertz CT molecular complexity index is 374. The van der Waals surface area contributed by atoms with E-state index < -0.39 is 0 Å². The van der Waals surface area contributed by atoms with Crippen molar-refractivity contribution < 1.29 is 9.53 Å². The maximum Gasteiger partial charge on any atom is 0.232 e. The summed E-state index contributed by atoms with van der Waals surface area (Å²) in [6.07, 6.45) is 3.50. The third-order valence-corrected chi connectivity index (χ3v) is 2.50. The molecule has 1 heterocycles. The summed E-state index contributed by atoms with van der Waals surface area (Å²) in [7, 11) is 1.50. The minimum absolute atomic E-state index is 0.141. The van der Waals surface area contributed by atoms with E-state index in [1.165, 1.54) is 13.3 Å². The molecule has 1 saturated carbocycles. The number of hydrogen-bond donors (Lipinski definition) is 0. The molecular formula is C10H10ClNO2. The molecule has 0 bridgehead atoms. The first-order chi connectivity index (χ1) is 6.72. The summed E-state index contributed by atoms with van der Waals surface area (Å²) in [5.41, 5.74) is 0.582. The van der Waals surface area contributed by atoms with Crippen LogP contribution in [0.5, 0.6) is 5.88 Å². The average Bonchev–Trinajstić information content (AvgIpc) is 3.00. The lowest BCUT2D eigenvalue weighted by Gasteiger charge is -2.03. The standard InChI is InChI=1S/C10H10ClNO2/c1-14-10-8(11)4-7(5-12-10)9(13)6-2-3-6/h4-6H,2-3H2,1H3. The van der Waals surface area contributed by atoms with Gasteiger partial charge in [0.25, 0.3) is 0 Å². The van der Waals surface area contributed by atoms with Gasteiger partial charge in [-0.1, -0.05) is 11.6 Å². The summed E-state index contributed by atoms with van der Waals surface area (Å²) in [4.78, 5) is 15.6. The summed E-state index contributed by atoms with van der Waals surface area (Å²) < 4.78 is 4.90. The lowest BCUT2D eigenvalue weighted by molar-refractivity contribution is 0.0967. The quantitative estimate of drug-likeness (QED) is 0.721. The van der Waals surface area contributed by atoms with Gasteiger partial charge in [-0.3, -0.25) is 4.79 Å². The van der Waals surface area contributed by atoms with Crippen LogP contribution in [-0.4, -0.2) is 17.9 Å². The first-order valence-corrected chi connectivity index (χ1v) is 4.84. The van der Waals surface area contributed by atoms with Crippen LogP contribution >= 0.6 is 11.6 Å². The molecule has 1 fully saturated rings. The van der Waals surface area contributed by atoms with E-state index in [4.69, 9.17) is 16.3 Å². The lowest BCUT2D eigenvalue weighted by Crippen LogP contribution is -2.02. The molecule has 14 heavy (non-hydrogen) atoms. The van der Waals surface area contributed by atoms with Crippen molar-refractivity contribution in [2.75, 3.05) is 7.11 Å². The number of aromatic nitrogens is 1. The zero-order valence-corrected chi connectivity index (χ0v) is 8.54. The largest absolute Gasteiger partial charge is 0.480 e. The van der Waals surface area contributed by atoms with E-state index in [0.717, 1.165) is 12.8 Å². The highest BCUT2D eigenvalue weighted by molar-refractivity contribution is 6.32. The molecule has 4 heteroatoms. The minimum atomic E-state index is 0.141. The number of Topliss-reactive ketones (excluding diaryl/α,β-unsaturated/α-hetero) is 1. The Morgan fingerprint density at radius 3 is 2.86 bits per heavy atom. The fourth-order valence-electron chi connectivity index (χ4n) is 1.29. The number of hydrogen-bond acceptors (Lipinski definition) is 3. The van der Waals surface area contributed by atoms with Gasteiger partial charge in [0.05, 0.1) is 7.11 Å². The third kappa shape index (κ3) is 1.73. The average molecular weight is 212 g/mol. The van der Waals surface area contributed by atoms with Crippen molar-refractivity contribution in [2.24, 2.45) is 5.92 Å². The summed E-state index contributed by atoms with van der Waals surface area (Å²) in [6, 6.07) is 1.62. The van der Waals surface area contributed by atoms with Crippen LogP contribution in [0.2, 0.25) is 5.02 Å². The summed E-state index contributed by atoms with van der Waals surface area (Å²) in [5, 5.41) is 0.388. The number of methoxy groups -OCH3 is 1. The van der Waals surface area contributed by atoms with E-state index in [1.807, 2.05) is 0 Å². The molecule has 0 saturated heterocycles. The number of carbonyl (C=O) groups is 1. The lowest BCUT2D eigenvalue weighted by atomic mass is 10.1. The number of carbonyl (C=O) groups excluding carboxylic acids is 1. The van der Waals surface area contributed by atoms with Gasteiger partial charge in [-0.25, -0.2) is 4.98 Å². The van der Waals surface area contributed by atoms with Crippen LogP contribution in [0.4, 0.5) is 0 Å². The van der Waals surface area contributed by atoms with Crippen molar-refractivity contribution in [1.29, 1.82) is 0 Å². The highest BCUT2D eigenvalue weighted by atomic mass is 35.5. The molecule has 1 aromatic rings. The van der Waals surface area contributed by atoms with Crippen molar-refractivity contribution in [3.8, 4) is 5.88 Å². The topological polar surface area (TPSA) is 39.2 Å². The highest BCUT2D eigenvalue weighted by Gasteiger charge is 2.30. The second kappa shape index (κ2) is 3.58. The van der Waals surface area contributed by atoms with Gasteiger partial charge >= 0.3 is 0 Å². The zero-order chi connectivity index (χ0) is 10.1. The molecule has 0 unspecified atom stereocenters. The second-order valence-corrected chi connectivity index (χ2v) is 3.76. The Labute approximate surface area is 87.0 Å². The number of pyridine rings is 1. The second-order valence-electron chi connectivity index (χ2n) is 3.35. The van der Waals surface area contributed by atoms with Gasteiger partial charge in [0, 0.05) is 17.7 Å². The molecule has 1 aliphatic rings. The van der Waals surface area contributed by atoms with Crippen LogP contribution in [0.25, 0.3) is 0 Å². The van der Waals surface area contributed by atoms with Gasteiger partial charge in [-0.15, -0.1) is 0 Å². The van der Waals surface area contributed by atoms with E-state index in [0.29, 0.717) is 16.5 Å². The third-order valence-electron chi connectivity index (χ3n) is 2.23. The van der Waals surface area contributed by atoms with Gasteiger partial charge in [-0.2, -0.15) is 0 Å². The van der Waals surface area contributed by atoms with Crippen molar-refractivity contribution in [1.82, 2.24) is 4.98 Å². The molecule has 0 aliphatic heterocycles. The molecule has 0 radical (unpaired) electrons. The summed E-state index contributed by atoms with van der Waals surface area (Å²) >= 11 is 5.86. The van der Waals surface area contributed by atoms with Gasteiger partial charge in [0.1, 0.15) is 5.02 Å². The minimum Gasteiger partial charge on any atom is -0.480 e. The number of ketones is 1. The molecule has 2 rings (SSSR count). The maximum atomic E-state index is 11.6. The van der Waals surface area contributed by atoms with Crippen LogP contribution in [0.1, 0.15) is 23.2 Å². The van der Waals surface area contributed by atoms with E-state index >= 15 is 0 Å². The first kappa shape index (κ1) is 9.46. The smallest absolute Gasteiger partial charge is 0.232 e. The molecule has 1 aromatic heterocycles. The molecule has 1 aliphatic carbocycles. The van der Waals surface area contributed by atoms with Gasteiger partial charge in [0.15, 0.2) is 5.78 Å². The summed E-state index contributed by atoms with van der Waals surface area (Å²) in [6.45, 7) is 0. The summed E-state index contributed by atoms with van der Waals surface area (Å²) in [5.74, 6) is 0.697. The monoisotopic (exact) mass is 211 g/mol. The van der Waals surface area contributed by atoms with Crippen LogP contribution in [-0.2, 0) is 0 Å². The molecule has 3 nitrogen and oxygen atoms in total. The van der Waals surface area contributed by atoms with Gasteiger partial charge in [0.2, 0.25) is 5.88 Å². The van der Waals surface area contributed by atoms with E-state index in [1.54, 1.807) is 6.07 Å². The molecule has 0 atom stereocenters. The molecule has 0 N–H and O–H groups in total. The Kier molecular flexibility index (Phi) is 2.42. The van der Waals surface area contributed by atoms with E-state index in [9.17, 15) is 4.79 Å². The molecule has 0 aromatic carbocycles. The Morgan fingerprint density at radius 2 is 2.36 bits per heavy atom. The molecular weight excluding hydrogens is 202 g/mol. The number of halogens is 1.